The van der Waals surface area contributed by atoms with Gasteiger partial charge in [0.15, 0.2) is 0 Å². The molecule has 0 saturated heterocycles. The Kier molecular flexibility index (Phi) is 5.64. The van der Waals surface area contributed by atoms with E-state index < -0.39 is 84.1 Å². The van der Waals surface area contributed by atoms with Gasteiger partial charge in [0.1, 0.15) is 11.2 Å². The Bertz CT molecular complexity index is 4280. The molecule has 2 aromatic heterocycles. The number of hydrogen-bond acceptors (Lipinski definition) is 2. The Morgan fingerprint density at radius 3 is 1.79 bits per heavy atom. The third-order valence-electron chi connectivity index (χ3n) is 11.2. The topological polar surface area (TPSA) is 21.3 Å². The van der Waals surface area contributed by atoms with E-state index in [-0.39, 0.29) is 44.0 Å². The maximum absolute atomic E-state index is 9.84. The molecule has 0 spiro atoms. The molecule has 3 nitrogen and oxygen atoms in total. The molecule has 0 atom stereocenters. The fourth-order valence-electron chi connectivity index (χ4n) is 8.46. The lowest BCUT2D eigenvalue weighted by molar-refractivity contribution is 0.674. The first kappa shape index (κ1) is 24.1. The zero-order valence-corrected chi connectivity index (χ0v) is 32.2. The Morgan fingerprint density at radius 1 is 0.377 bits per heavy atom. The van der Waals surface area contributed by atoms with Crippen molar-refractivity contribution in [3.63, 3.8) is 0 Å². The third-order valence-corrected chi connectivity index (χ3v) is 11.2. The van der Waals surface area contributed by atoms with Crippen LogP contribution >= 0.6 is 0 Å². The van der Waals surface area contributed by atoms with Gasteiger partial charge in [-0.05, 0) is 76.6 Å². The van der Waals surface area contributed by atoms with Crippen molar-refractivity contribution in [1.82, 2.24) is 4.57 Å². The molecule has 0 saturated carbocycles. The molecule has 0 fully saturated rings. The predicted octanol–water partition coefficient (Wildman–Crippen LogP) is 16.3. The van der Waals surface area contributed by atoms with Crippen LogP contribution in [0.5, 0.6) is 0 Å². The van der Waals surface area contributed by atoms with E-state index in [4.69, 9.17) is 15.4 Å². The van der Waals surface area contributed by atoms with Gasteiger partial charge in [-0.1, -0.05) is 176 Å². The maximum Gasteiger partial charge on any atom is 0.143 e. The number of anilines is 3. The molecule has 0 unspecified atom stereocenters. The van der Waals surface area contributed by atoms with Crippen molar-refractivity contribution in [3.8, 4) is 39.1 Å². The van der Waals surface area contributed by atoms with Gasteiger partial charge in [-0.3, -0.25) is 0 Å². The van der Waals surface area contributed by atoms with Crippen molar-refractivity contribution in [2.45, 2.75) is 0 Å². The largest absolute Gasteiger partial charge is 0.455 e. The number of nitrogens with zero attached hydrogens (tertiary/aromatic N) is 2. The molecule has 0 bridgehead atoms. The summed E-state index contributed by atoms with van der Waals surface area (Å²) in [4.78, 5) is 1.68. The number of furan rings is 1. The molecule has 3 heteroatoms. The van der Waals surface area contributed by atoms with Crippen molar-refractivity contribution in [3.05, 3.63) is 230 Å². The lowest BCUT2D eigenvalue weighted by Gasteiger charge is -2.28. The van der Waals surface area contributed by atoms with Gasteiger partial charge in [0, 0.05) is 55.0 Å². The fraction of sp³-hybridized carbons (Fsp3) is 0. The summed E-state index contributed by atoms with van der Waals surface area (Å²) in [7, 11) is 0. The second-order valence-corrected chi connectivity index (χ2v) is 14.6. The summed E-state index contributed by atoms with van der Waals surface area (Å²) in [5, 5.41) is 1.22. The fourth-order valence-corrected chi connectivity index (χ4v) is 8.46. The zero-order valence-electron chi connectivity index (χ0n) is 45.2. The monoisotopic (exact) mass is 791 g/mol. The summed E-state index contributed by atoms with van der Waals surface area (Å²) in [6, 6.07) is 41.7. The van der Waals surface area contributed by atoms with Crippen LogP contribution in [0.3, 0.4) is 0 Å². The molecule has 12 rings (SSSR count). The molecule has 10 aromatic carbocycles. The quantitative estimate of drug-likeness (QED) is 0.160. The van der Waals surface area contributed by atoms with E-state index in [1.807, 2.05) is 115 Å². The third kappa shape index (κ3) is 5.74. The van der Waals surface area contributed by atoms with Gasteiger partial charge in [-0.25, -0.2) is 0 Å². The summed E-state index contributed by atoms with van der Waals surface area (Å²) in [6.45, 7) is 0. The molecular weight excluding hydrogens is 741 g/mol. The van der Waals surface area contributed by atoms with Crippen molar-refractivity contribution in [2.75, 3.05) is 4.90 Å². The van der Waals surface area contributed by atoms with Gasteiger partial charge >= 0.3 is 0 Å². The van der Waals surface area contributed by atoms with Gasteiger partial charge in [-0.2, -0.15) is 0 Å². The van der Waals surface area contributed by atoms with Crippen molar-refractivity contribution >= 4 is 71.6 Å². The Labute approximate surface area is 371 Å². The van der Waals surface area contributed by atoms with Crippen LogP contribution < -0.4 is 4.90 Å². The van der Waals surface area contributed by atoms with E-state index in [1.165, 1.54) is 0 Å². The Hall–Kier alpha value is -8.14. The van der Waals surface area contributed by atoms with Crippen LogP contribution in [0.2, 0.25) is 0 Å². The highest BCUT2D eigenvalue weighted by atomic mass is 16.3. The highest BCUT2D eigenvalue weighted by Crippen LogP contribution is 2.44. The molecule has 61 heavy (non-hydrogen) atoms. The van der Waals surface area contributed by atoms with E-state index in [1.54, 1.807) is 4.90 Å². The number of para-hydroxylation sites is 5. The van der Waals surface area contributed by atoms with E-state index in [2.05, 4.69) is 41.0 Å². The van der Waals surface area contributed by atoms with Crippen molar-refractivity contribution in [1.29, 1.82) is 0 Å². The molecule has 0 aliphatic heterocycles. The predicted molar refractivity (Wildman–Crippen MR) is 257 cm³/mol. The second-order valence-electron chi connectivity index (χ2n) is 14.6. The smallest absolute Gasteiger partial charge is 0.143 e. The van der Waals surface area contributed by atoms with E-state index in [0.29, 0.717) is 11.4 Å². The first-order valence-electron chi connectivity index (χ1n) is 26.3. The normalized spacial score (nSPS) is 14.6. The lowest BCUT2D eigenvalue weighted by Crippen LogP contribution is -2.11. The minimum Gasteiger partial charge on any atom is -0.455 e. The van der Waals surface area contributed by atoms with E-state index in [0.717, 1.165) is 49.7 Å². The van der Waals surface area contributed by atoms with Crippen LogP contribution in [0, 0.1) is 0 Å². The number of hydrogen-bond donors (Lipinski definition) is 0. The highest BCUT2D eigenvalue weighted by molar-refractivity contribution is 6.17. The average Bonchev–Trinajstić information content (AvgIpc) is 3.99. The first-order chi connectivity index (χ1) is 35.7. The van der Waals surface area contributed by atoms with Crippen molar-refractivity contribution < 1.29 is 22.2 Å². The molecule has 0 aliphatic carbocycles. The van der Waals surface area contributed by atoms with Gasteiger partial charge in [0.2, 0.25) is 0 Å². The molecule has 2 heterocycles. The summed E-state index contributed by atoms with van der Waals surface area (Å²) in [5.41, 5.74) is 5.83. The molecule has 12 aromatic rings. The Balaban J connectivity index is 1.09. The lowest BCUT2D eigenvalue weighted by atomic mass is 9.99. The first-order valence-corrected chi connectivity index (χ1v) is 19.8. The van der Waals surface area contributed by atoms with Gasteiger partial charge in [-0.15, -0.1) is 0 Å². The highest BCUT2D eigenvalue weighted by Gasteiger charge is 2.20. The SMILES string of the molecule is [2H]c1c([2H])c(N(c2ccc(-c3ccccc3-n3c4ccccc4c4ccccc43)cc2)c2ccccc2-c2ccccc2)c([2H])c([2H])c1-c1c([2H])c([2H])c([2H])c2c1oc1c3c([2H])c([2H])c([2H])c([2H])c3c([2H])c([2H])c12. The van der Waals surface area contributed by atoms with E-state index >= 15 is 0 Å². The molecule has 0 aliphatic rings. The standard InChI is InChI=1S/C58H38N2O/c1-2-15-39(16-3-1)45-18-6-10-25-53(45)59(44-36-31-42(32-37-44)48-23-14-24-51-52-38-33-40-17-4-5-20-47(40)58(52)61-57(48)51)43-34-29-41(30-35-43)46-19-7-11-26-54(46)60-55-27-12-8-21-49(55)50-22-9-13-28-56(50)60/h1-38H/i4D,5D,14D,17D,20D,23D,24D,31D,32D,33D,36D,37D,38D. The van der Waals surface area contributed by atoms with Gasteiger partial charge < -0.3 is 13.9 Å². The van der Waals surface area contributed by atoms with Crippen LogP contribution in [-0.4, -0.2) is 4.57 Å². The minimum absolute atomic E-state index is 0.129. The van der Waals surface area contributed by atoms with Crippen LogP contribution in [-0.2, 0) is 0 Å². The van der Waals surface area contributed by atoms with Crippen LogP contribution in [0.25, 0.3) is 93.6 Å². The second kappa shape index (κ2) is 14.3. The molecule has 0 amide bonds. The van der Waals surface area contributed by atoms with Gasteiger partial charge in [0.25, 0.3) is 0 Å². The molecule has 286 valence electrons. The van der Waals surface area contributed by atoms with Crippen LogP contribution in [0.15, 0.2) is 235 Å². The molecular formula is C58H38N2O. The molecule has 0 N–H and O–H groups in total. The molecule has 0 radical (unpaired) electrons. The average molecular weight is 792 g/mol. The van der Waals surface area contributed by atoms with E-state index in [9.17, 15) is 6.85 Å². The summed E-state index contributed by atoms with van der Waals surface area (Å²) in [6.07, 6.45) is 0. The summed E-state index contributed by atoms with van der Waals surface area (Å²) < 4.78 is 127. The number of fused-ring (bicyclic) bond motifs is 8. The summed E-state index contributed by atoms with van der Waals surface area (Å²) >= 11 is 0. The number of aromatic nitrogens is 1. The maximum atomic E-state index is 9.84. The summed E-state index contributed by atoms with van der Waals surface area (Å²) in [5.74, 6) is 0. The zero-order chi connectivity index (χ0) is 51.6. The minimum atomic E-state index is -0.685. The Morgan fingerprint density at radius 2 is 1.00 bits per heavy atom. The van der Waals surface area contributed by atoms with Gasteiger partial charge in [0.05, 0.1) is 40.2 Å². The van der Waals surface area contributed by atoms with Crippen LogP contribution in [0.1, 0.15) is 17.8 Å². The van der Waals surface area contributed by atoms with Crippen molar-refractivity contribution in [2.24, 2.45) is 0 Å². The number of benzene rings is 10. The van der Waals surface area contributed by atoms with Crippen LogP contribution in [0.4, 0.5) is 17.1 Å². The number of rotatable bonds is 7.